The Bertz CT molecular complexity index is 567. The number of hydrogen-bond acceptors (Lipinski definition) is 2. The summed E-state index contributed by atoms with van der Waals surface area (Å²) in [6.45, 7) is 0. The Labute approximate surface area is 96.9 Å². The molecule has 0 atom stereocenters. The van der Waals surface area contributed by atoms with E-state index in [-0.39, 0.29) is 10.5 Å². The number of aromatic nitrogens is 3. The summed E-state index contributed by atoms with van der Waals surface area (Å²) in [5, 5.41) is 4.72. The highest BCUT2D eigenvalue weighted by Crippen LogP contribution is 2.22. The molecule has 0 saturated heterocycles. The predicted octanol–water partition coefficient (Wildman–Crippen LogP) is 2.12. The minimum atomic E-state index is -0.523. The summed E-state index contributed by atoms with van der Waals surface area (Å²) in [5.41, 5.74) is -0.407. The summed E-state index contributed by atoms with van der Waals surface area (Å²) in [7, 11) is 0. The van der Waals surface area contributed by atoms with Gasteiger partial charge in [-0.1, -0.05) is 6.07 Å². The molecule has 0 unspecified atom stereocenters. The smallest absolute Gasteiger partial charge is 0.272 e. The molecule has 0 aliphatic carbocycles. The van der Waals surface area contributed by atoms with Crippen LogP contribution < -0.4 is 5.69 Å². The number of benzene rings is 1. The molecule has 0 saturated carbocycles. The molecule has 7 heteroatoms. The van der Waals surface area contributed by atoms with E-state index < -0.39 is 11.5 Å². The Balaban J connectivity index is 2.86. The summed E-state index contributed by atoms with van der Waals surface area (Å²) in [4.78, 5) is 11.4. The fourth-order valence-electron chi connectivity index (χ4n) is 1.22. The van der Waals surface area contributed by atoms with E-state index in [1.807, 2.05) is 0 Å². The first-order valence-electron chi connectivity index (χ1n) is 3.95. The lowest BCUT2D eigenvalue weighted by Crippen LogP contribution is -2.16. The highest BCUT2D eigenvalue weighted by Gasteiger charge is 2.12. The maximum atomic E-state index is 13.5. The highest BCUT2D eigenvalue weighted by atomic mass is 79.9. The van der Waals surface area contributed by atoms with E-state index in [0.29, 0.717) is 4.47 Å². The molecule has 1 aromatic heterocycles. The SMILES string of the molecule is O=c1[nH][nH]c(=S)n1-c1c(F)cccc1Br. The molecule has 0 fully saturated rings. The molecule has 0 radical (unpaired) electrons. The van der Waals surface area contributed by atoms with E-state index in [0.717, 1.165) is 4.57 Å². The Hall–Kier alpha value is -1.21. The molecular formula is C8H5BrFN3OS. The molecule has 1 aromatic carbocycles. The van der Waals surface area contributed by atoms with Gasteiger partial charge in [-0.25, -0.2) is 18.9 Å². The van der Waals surface area contributed by atoms with Crippen molar-refractivity contribution in [2.24, 2.45) is 0 Å². The minimum absolute atomic E-state index is 0.102. The molecule has 2 N–H and O–H groups in total. The van der Waals surface area contributed by atoms with Crippen molar-refractivity contribution in [1.29, 1.82) is 0 Å². The van der Waals surface area contributed by atoms with Crippen LogP contribution in [-0.2, 0) is 0 Å². The molecule has 0 aliphatic heterocycles. The van der Waals surface area contributed by atoms with Gasteiger partial charge in [0, 0.05) is 4.47 Å². The quantitative estimate of drug-likeness (QED) is 0.790. The maximum Gasteiger partial charge on any atom is 0.347 e. The van der Waals surface area contributed by atoms with Crippen molar-refractivity contribution < 1.29 is 4.39 Å². The fourth-order valence-corrected chi connectivity index (χ4v) is 1.96. The first-order chi connectivity index (χ1) is 7.11. The van der Waals surface area contributed by atoms with Gasteiger partial charge in [0.1, 0.15) is 11.5 Å². The second-order valence-electron chi connectivity index (χ2n) is 2.77. The zero-order valence-corrected chi connectivity index (χ0v) is 9.65. The van der Waals surface area contributed by atoms with Crippen molar-refractivity contribution in [2.45, 2.75) is 0 Å². The third-order valence-electron chi connectivity index (χ3n) is 1.84. The first kappa shape index (κ1) is 10.3. The lowest BCUT2D eigenvalue weighted by atomic mass is 10.3. The molecule has 15 heavy (non-hydrogen) atoms. The molecule has 78 valence electrons. The molecule has 0 bridgehead atoms. The van der Waals surface area contributed by atoms with Crippen molar-refractivity contribution in [3.63, 3.8) is 0 Å². The third kappa shape index (κ3) is 1.68. The summed E-state index contributed by atoms with van der Waals surface area (Å²) in [5.74, 6) is -0.523. The number of nitrogens with zero attached hydrogens (tertiary/aromatic N) is 1. The summed E-state index contributed by atoms with van der Waals surface area (Å²) in [6, 6.07) is 4.42. The topological polar surface area (TPSA) is 53.6 Å². The zero-order valence-electron chi connectivity index (χ0n) is 7.25. The Morgan fingerprint density at radius 3 is 2.67 bits per heavy atom. The number of para-hydroxylation sites is 1. The van der Waals surface area contributed by atoms with E-state index in [9.17, 15) is 9.18 Å². The normalized spacial score (nSPS) is 10.5. The van der Waals surface area contributed by atoms with Gasteiger partial charge in [0.25, 0.3) is 0 Å². The molecule has 2 rings (SSSR count). The van der Waals surface area contributed by atoms with E-state index >= 15 is 0 Å². The van der Waals surface area contributed by atoms with Gasteiger partial charge in [-0.2, -0.15) is 0 Å². The maximum absolute atomic E-state index is 13.5. The third-order valence-corrected chi connectivity index (χ3v) is 2.77. The van der Waals surface area contributed by atoms with Crippen molar-refractivity contribution in [3.8, 4) is 5.69 Å². The summed E-state index contributed by atoms with van der Waals surface area (Å²) >= 11 is 8.03. The van der Waals surface area contributed by atoms with Crippen LogP contribution in [0.3, 0.4) is 0 Å². The number of halogens is 2. The van der Waals surface area contributed by atoms with Crippen LogP contribution in [0.25, 0.3) is 5.69 Å². The van der Waals surface area contributed by atoms with E-state index in [1.165, 1.54) is 12.1 Å². The average molecular weight is 290 g/mol. The van der Waals surface area contributed by atoms with Crippen LogP contribution in [0.4, 0.5) is 4.39 Å². The van der Waals surface area contributed by atoms with Crippen molar-refractivity contribution in [3.05, 3.63) is 43.7 Å². The van der Waals surface area contributed by atoms with Crippen LogP contribution in [0, 0.1) is 10.6 Å². The largest absolute Gasteiger partial charge is 0.347 e. The standard InChI is InChI=1S/C8H5BrFN3OS/c9-4-2-1-3-5(10)6(4)13-7(14)11-12-8(13)15/h1-3H,(H,11,14)(H,12,15). The van der Waals surface area contributed by atoms with Crippen LogP contribution in [0.1, 0.15) is 0 Å². The lowest BCUT2D eigenvalue weighted by molar-refractivity contribution is 0.614. The van der Waals surface area contributed by atoms with Crippen molar-refractivity contribution in [1.82, 2.24) is 14.8 Å². The Morgan fingerprint density at radius 2 is 2.13 bits per heavy atom. The first-order valence-corrected chi connectivity index (χ1v) is 5.15. The van der Waals surface area contributed by atoms with Crippen LogP contribution >= 0.6 is 28.1 Å². The van der Waals surface area contributed by atoms with Gasteiger partial charge in [0.15, 0.2) is 0 Å². The molecule has 1 heterocycles. The summed E-state index contributed by atoms with van der Waals surface area (Å²) in [6.07, 6.45) is 0. The number of rotatable bonds is 1. The summed E-state index contributed by atoms with van der Waals surface area (Å²) < 4.78 is 15.1. The van der Waals surface area contributed by atoms with E-state index in [2.05, 4.69) is 26.1 Å². The monoisotopic (exact) mass is 289 g/mol. The Morgan fingerprint density at radius 1 is 1.40 bits per heavy atom. The number of aromatic amines is 2. The second kappa shape index (κ2) is 3.74. The number of H-pyrrole nitrogens is 2. The van der Waals surface area contributed by atoms with Gasteiger partial charge in [-0.05, 0) is 40.3 Å². The van der Waals surface area contributed by atoms with Gasteiger partial charge in [-0.3, -0.25) is 5.10 Å². The van der Waals surface area contributed by atoms with Crippen LogP contribution in [0.2, 0.25) is 0 Å². The van der Waals surface area contributed by atoms with Crippen LogP contribution in [-0.4, -0.2) is 14.8 Å². The molecular weight excluding hydrogens is 285 g/mol. The molecule has 4 nitrogen and oxygen atoms in total. The Kier molecular flexibility index (Phi) is 2.57. The average Bonchev–Trinajstić information content (AvgIpc) is 2.49. The van der Waals surface area contributed by atoms with Crippen molar-refractivity contribution in [2.75, 3.05) is 0 Å². The van der Waals surface area contributed by atoms with Gasteiger partial charge >= 0.3 is 5.69 Å². The van der Waals surface area contributed by atoms with Gasteiger partial charge in [0.05, 0.1) is 0 Å². The van der Waals surface area contributed by atoms with Gasteiger partial charge in [0.2, 0.25) is 4.77 Å². The number of hydrogen-bond donors (Lipinski definition) is 2. The zero-order chi connectivity index (χ0) is 11.0. The molecule has 0 aliphatic rings. The van der Waals surface area contributed by atoms with Gasteiger partial charge < -0.3 is 0 Å². The molecule has 2 aromatic rings. The minimum Gasteiger partial charge on any atom is -0.272 e. The highest BCUT2D eigenvalue weighted by molar-refractivity contribution is 9.10. The van der Waals surface area contributed by atoms with Crippen molar-refractivity contribution >= 4 is 28.1 Å². The molecule has 0 spiro atoms. The van der Waals surface area contributed by atoms with E-state index in [4.69, 9.17) is 12.2 Å². The van der Waals surface area contributed by atoms with E-state index in [1.54, 1.807) is 6.07 Å². The van der Waals surface area contributed by atoms with Gasteiger partial charge in [-0.15, -0.1) is 0 Å². The van der Waals surface area contributed by atoms with Crippen LogP contribution in [0.15, 0.2) is 27.5 Å². The lowest BCUT2D eigenvalue weighted by Gasteiger charge is -2.04. The van der Waals surface area contributed by atoms with Crippen LogP contribution in [0.5, 0.6) is 0 Å². The second-order valence-corrected chi connectivity index (χ2v) is 4.01. The predicted molar refractivity (Wildman–Crippen MR) is 59.2 cm³/mol. The number of nitrogens with one attached hydrogen (secondary N) is 2. The molecule has 0 amide bonds. The fraction of sp³-hybridized carbons (Fsp3) is 0.